The molecule has 0 saturated heterocycles. The average Bonchev–Trinajstić information content (AvgIpc) is 3.06. The van der Waals surface area contributed by atoms with Crippen LogP contribution in [0, 0.1) is 7.43 Å². The van der Waals surface area contributed by atoms with Crippen LogP contribution < -0.4 is 4.98 Å². The molecule has 2 aromatic carbocycles. The van der Waals surface area contributed by atoms with Crippen molar-refractivity contribution in [1.82, 2.24) is 14.4 Å². The SMILES string of the molecule is [CH3-].[Cl][Os].[Cl][Os].c1ccc2c(c1)nc1[n-]c3ccccc3n12. The molecule has 0 aliphatic rings. The fraction of sp³-hybridized carbons (Fsp3) is 0. The second kappa shape index (κ2) is 8.87. The summed E-state index contributed by atoms with van der Waals surface area (Å²) >= 11 is 2.67. The van der Waals surface area contributed by atoms with E-state index in [1.807, 2.05) is 36.4 Å². The van der Waals surface area contributed by atoms with Gasteiger partial charge >= 0.3 is 54.5 Å². The van der Waals surface area contributed by atoms with Gasteiger partial charge < -0.3 is 21.8 Å². The third-order valence-electron chi connectivity index (χ3n) is 2.89. The van der Waals surface area contributed by atoms with Crippen LogP contribution in [0.25, 0.3) is 27.8 Å². The molecular formula is C14H11Cl2N3Os2-2. The van der Waals surface area contributed by atoms with Gasteiger partial charge in [-0.3, -0.25) is 0 Å². The van der Waals surface area contributed by atoms with Gasteiger partial charge in [-0.25, -0.2) is 0 Å². The van der Waals surface area contributed by atoms with E-state index in [0.29, 0.717) is 0 Å². The smallest absolute Gasteiger partial charge is 0.0273 e. The Hall–Kier alpha value is -0.437. The molecule has 114 valence electrons. The molecule has 0 saturated carbocycles. The van der Waals surface area contributed by atoms with Crippen LogP contribution in [0.4, 0.5) is 0 Å². The van der Waals surface area contributed by atoms with E-state index in [9.17, 15) is 0 Å². The van der Waals surface area contributed by atoms with Crippen LogP contribution in [-0.4, -0.2) is 9.38 Å². The first kappa shape index (κ1) is 18.6. The minimum absolute atomic E-state index is 0. The largest absolute Gasteiger partial charge is 0.366 e. The fourth-order valence-electron chi connectivity index (χ4n) is 2.18. The summed E-state index contributed by atoms with van der Waals surface area (Å²) in [6.07, 6.45) is 0. The molecule has 7 heteroatoms. The van der Waals surface area contributed by atoms with Crippen molar-refractivity contribution in [3.63, 3.8) is 0 Å². The summed E-state index contributed by atoms with van der Waals surface area (Å²) in [7, 11) is 9.33. The van der Waals surface area contributed by atoms with Crippen molar-refractivity contribution in [1.29, 1.82) is 0 Å². The zero-order chi connectivity index (χ0) is 14.5. The maximum atomic E-state index is 4.67. The fourth-order valence-corrected chi connectivity index (χ4v) is 2.18. The van der Waals surface area contributed by atoms with Crippen LogP contribution in [0.2, 0.25) is 0 Å². The van der Waals surface area contributed by atoms with Crippen molar-refractivity contribution in [3.8, 4) is 0 Å². The van der Waals surface area contributed by atoms with Crippen molar-refractivity contribution in [2.24, 2.45) is 0 Å². The Morgan fingerprint density at radius 1 is 0.857 bits per heavy atom. The van der Waals surface area contributed by atoms with E-state index in [1.165, 1.54) is 35.2 Å². The minimum atomic E-state index is 0. The topological polar surface area (TPSA) is 31.4 Å². The van der Waals surface area contributed by atoms with Crippen LogP contribution in [0.3, 0.4) is 0 Å². The average molecular weight is 673 g/mol. The number of hydrogen-bond donors (Lipinski definition) is 0. The van der Waals surface area contributed by atoms with E-state index in [2.05, 4.69) is 45.8 Å². The van der Waals surface area contributed by atoms with Crippen LogP contribution >= 0.6 is 19.3 Å². The van der Waals surface area contributed by atoms with Crippen LogP contribution in [0.15, 0.2) is 48.5 Å². The Kier molecular flexibility index (Phi) is 7.86. The third kappa shape index (κ3) is 3.49. The van der Waals surface area contributed by atoms with Gasteiger partial charge in [-0.15, -0.1) is 0 Å². The van der Waals surface area contributed by atoms with Gasteiger partial charge in [0, 0.05) is 27.8 Å². The van der Waals surface area contributed by atoms with E-state index in [-0.39, 0.29) is 7.43 Å². The normalized spacial score (nSPS) is 9.52. The van der Waals surface area contributed by atoms with E-state index < -0.39 is 0 Å². The molecule has 0 amide bonds. The predicted octanol–water partition coefficient (Wildman–Crippen LogP) is 4.42. The zero-order valence-electron chi connectivity index (χ0n) is 10.9. The molecule has 0 unspecified atom stereocenters. The molecule has 0 bridgehead atoms. The first-order chi connectivity index (χ1) is 9.93. The molecule has 2 heterocycles. The van der Waals surface area contributed by atoms with Crippen molar-refractivity contribution in [2.75, 3.05) is 0 Å². The van der Waals surface area contributed by atoms with E-state index in [4.69, 9.17) is 0 Å². The minimum Gasteiger partial charge on any atom is -0.366 e. The molecule has 3 nitrogen and oxygen atoms in total. The number of halogens is 2. The van der Waals surface area contributed by atoms with Crippen molar-refractivity contribution in [2.45, 2.75) is 0 Å². The second-order valence-corrected chi connectivity index (χ2v) is 3.84. The summed E-state index contributed by atoms with van der Waals surface area (Å²) in [5.74, 6) is 0.780. The van der Waals surface area contributed by atoms with Gasteiger partial charge in [-0.2, -0.15) is 0 Å². The maximum absolute atomic E-state index is 4.67. The number of hydrogen-bond acceptors (Lipinski definition) is 1. The number of nitrogens with zero attached hydrogens (tertiary/aromatic N) is 3. The molecular weight excluding hydrogens is 662 g/mol. The number of rotatable bonds is 0. The van der Waals surface area contributed by atoms with Gasteiger partial charge in [0.15, 0.2) is 0 Å². The molecule has 2 aromatic heterocycles. The Morgan fingerprint density at radius 3 is 2.14 bits per heavy atom. The van der Waals surface area contributed by atoms with Crippen molar-refractivity contribution < 1.29 is 35.2 Å². The summed E-state index contributed by atoms with van der Waals surface area (Å²) in [4.78, 5) is 9.01. The molecule has 0 atom stereocenters. The molecule has 0 fully saturated rings. The molecule has 21 heavy (non-hydrogen) atoms. The summed E-state index contributed by atoms with van der Waals surface area (Å²) < 4.78 is 2.10. The Labute approximate surface area is 151 Å². The molecule has 0 radical (unpaired) electrons. The summed E-state index contributed by atoms with van der Waals surface area (Å²) in [5, 5.41) is 0. The third-order valence-corrected chi connectivity index (χ3v) is 2.89. The van der Waals surface area contributed by atoms with E-state index in [1.54, 1.807) is 0 Å². The van der Waals surface area contributed by atoms with Gasteiger partial charge in [0.25, 0.3) is 0 Å². The summed E-state index contributed by atoms with van der Waals surface area (Å²) in [5.41, 5.74) is 4.23. The van der Waals surface area contributed by atoms with Gasteiger partial charge in [-0.05, 0) is 0 Å². The quantitative estimate of drug-likeness (QED) is 0.259. The molecule has 4 aromatic rings. The number of aromatic nitrogens is 3. The zero-order valence-corrected chi connectivity index (χ0v) is 17.5. The first-order valence-corrected chi connectivity index (χ1v) is 11.8. The van der Waals surface area contributed by atoms with Crippen molar-refractivity contribution >= 4 is 47.1 Å². The monoisotopic (exact) mass is 675 g/mol. The van der Waals surface area contributed by atoms with Gasteiger partial charge in [0.05, 0.1) is 0 Å². The standard InChI is InChI=1S/C13H8N3.CH3.2ClH.2Os/c1-3-7-11-9(5-1)14-13-15-10-6-2-4-8-12(10)16(11)13;;;;;/h1-8H;1H3;2*1H;;/q2*-1;;;2*+1/p-2. The summed E-state index contributed by atoms with van der Waals surface area (Å²) in [6, 6.07) is 16.2. The second-order valence-electron chi connectivity index (χ2n) is 3.84. The van der Waals surface area contributed by atoms with E-state index >= 15 is 0 Å². The molecule has 0 spiro atoms. The van der Waals surface area contributed by atoms with Crippen LogP contribution in [-0.2, 0) is 35.2 Å². The van der Waals surface area contributed by atoms with Crippen LogP contribution in [0.1, 0.15) is 0 Å². The molecule has 4 rings (SSSR count). The van der Waals surface area contributed by atoms with Gasteiger partial charge in [-0.1, -0.05) is 48.5 Å². The Morgan fingerprint density at radius 2 is 1.43 bits per heavy atom. The van der Waals surface area contributed by atoms with E-state index in [0.717, 1.165) is 27.8 Å². The van der Waals surface area contributed by atoms with Gasteiger partial charge in [0.1, 0.15) is 0 Å². The number of fused-ring (bicyclic) bond motifs is 5. The van der Waals surface area contributed by atoms with Crippen LogP contribution in [0.5, 0.6) is 0 Å². The molecule has 0 N–H and O–H groups in total. The predicted molar refractivity (Wildman–Crippen MR) is 81.6 cm³/mol. The van der Waals surface area contributed by atoms with Gasteiger partial charge in [0.2, 0.25) is 0 Å². The van der Waals surface area contributed by atoms with Crippen molar-refractivity contribution in [3.05, 3.63) is 56.0 Å². The first-order valence-electron chi connectivity index (χ1n) is 5.49. The molecule has 0 aliphatic heterocycles. The maximum Gasteiger partial charge on any atom is 0.0273 e. The Balaban J connectivity index is 0.000000410. The number of benzene rings is 2. The molecule has 0 aliphatic carbocycles. The Bertz CT molecular complexity index is 761. The summed E-state index contributed by atoms with van der Waals surface area (Å²) in [6.45, 7) is 0. The number of para-hydroxylation sites is 4. The number of imidazole rings is 2.